The summed E-state index contributed by atoms with van der Waals surface area (Å²) in [6.07, 6.45) is 2.05. The topological polar surface area (TPSA) is 138 Å². The van der Waals surface area contributed by atoms with Gasteiger partial charge in [0.25, 0.3) is 0 Å². The highest BCUT2D eigenvalue weighted by atomic mass is 16.6. The third-order valence-corrected chi connectivity index (χ3v) is 5.91. The summed E-state index contributed by atoms with van der Waals surface area (Å²) in [5.74, 6) is 0. The molecule has 0 saturated carbocycles. The third-order valence-electron chi connectivity index (χ3n) is 5.91. The normalized spacial score (nSPS) is 11.6. The molecule has 49 heavy (non-hydrogen) atoms. The van der Waals surface area contributed by atoms with Crippen molar-refractivity contribution in [1.29, 1.82) is 0 Å². The zero-order chi connectivity index (χ0) is 35.2. The molecule has 0 rings (SSSR count). The van der Waals surface area contributed by atoms with Gasteiger partial charge in [0.15, 0.2) is 0 Å². The molecule has 15 heteroatoms. The number of hydrogen-bond acceptors (Lipinski definition) is 15. The van der Waals surface area contributed by atoms with Gasteiger partial charge >= 0.3 is 0 Å². The monoisotopic (exact) mass is 718 g/mol. The maximum Gasteiger partial charge on any atom is 0.0701 e. The molecule has 0 aliphatic rings. The molecular weight excluding hydrogens is 648 g/mol. The molecule has 0 heterocycles. The first-order chi connectivity index (χ1) is 24.4. The van der Waals surface area contributed by atoms with E-state index in [2.05, 4.69) is 13.8 Å². The van der Waals surface area contributed by atoms with Crippen LogP contribution in [0, 0.1) is 0 Å². The molecule has 0 aromatic carbocycles. The van der Waals surface area contributed by atoms with Gasteiger partial charge in [0, 0.05) is 13.2 Å². The van der Waals surface area contributed by atoms with Crippen molar-refractivity contribution >= 4 is 0 Å². The smallest absolute Gasteiger partial charge is 0.0701 e. The summed E-state index contributed by atoms with van der Waals surface area (Å²) in [7, 11) is 0. The zero-order valence-corrected chi connectivity index (χ0v) is 30.8. The van der Waals surface area contributed by atoms with E-state index in [0.717, 1.165) is 26.1 Å². The quantitative estimate of drug-likeness (QED) is 0.0849. The van der Waals surface area contributed by atoms with Crippen LogP contribution in [0.2, 0.25) is 0 Å². The average molecular weight is 719 g/mol. The van der Waals surface area contributed by atoms with E-state index in [-0.39, 0.29) is 0 Å². The van der Waals surface area contributed by atoms with E-state index in [4.69, 9.17) is 71.1 Å². The molecule has 0 saturated heterocycles. The molecule has 0 atom stereocenters. The lowest BCUT2D eigenvalue weighted by Crippen LogP contribution is -2.15. The van der Waals surface area contributed by atoms with E-state index >= 15 is 0 Å². The molecule has 0 N–H and O–H groups in total. The molecule has 0 fully saturated rings. The minimum Gasteiger partial charge on any atom is -0.379 e. The van der Waals surface area contributed by atoms with Crippen molar-refractivity contribution in [2.75, 3.05) is 198 Å². The molecule has 0 amide bonds. The van der Waals surface area contributed by atoms with Crippen molar-refractivity contribution in [2.24, 2.45) is 0 Å². The van der Waals surface area contributed by atoms with Gasteiger partial charge in [-0.05, 0) is 12.8 Å². The summed E-state index contributed by atoms with van der Waals surface area (Å²) >= 11 is 0. The highest BCUT2D eigenvalue weighted by molar-refractivity contribution is 4.40. The Balaban J connectivity index is 3.04. The molecular formula is C34H70O15. The summed E-state index contributed by atoms with van der Waals surface area (Å²) in [4.78, 5) is 0. The Morgan fingerprint density at radius 3 is 0.306 bits per heavy atom. The summed E-state index contributed by atoms with van der Waals surface area (Å²) < 4.78 is 81.7. The van der Waals surface area contributed by atoms with Crippen molar-refractivity contribution in [3.63, 3.8) is 0 Å². The molecule has 0 aliphatic carbocycles. The Labute approximate surface area is 295 Å². The summed E-state index contributed by atoms with van der Waals surface area (Å²) in [5.41, 5.74) is 0. The second kappa shape index (κ2) is 47.4. The maximum absolute atomic E-state index is 5.49. The molecule has 0 aliphatic heterocycles. The maximum atomic E-state index is 5.49. The Hall–Kier alpha value is -0.600. The van der Waals surface area contributed by atoms with E-state index < -0.39 is 0 Å². The minimum absolute atomic E-state index is 0.509. The van der Waals surface area contributed by atoms with Gasteiger partial charge in [-0.2, -0.15) is 0 Å². The lowest BCUT2D eigenvalue weighted by molar-refractivity contribution is -0.0300. The van der Waals surface area contributed by atoms with Gasteiger partial charge in [-0.1, -0.05) is 13.8 Å². The minimum atomic E-state index is 0.509. The fourth-order valence-corrected chi connectivity index (χ4v) is 3.47. The zero-order valence-electron chi connectivity index (χ0n) is 30.8. The van der Waals surface area contributed by atoms with Crippen LogP contribution >= 0.6 is 0 Å². The van der Waals surface area contributed by atoms with Crippen molar-refractivity contribution < 1.29 is 71.1 Å². The van der Waals surface area contributed by atoms with Gasteiger partial charge in [0.2, 0.25) is 0 Å². The highest BCUT2D eigenvalue weighted by Gasteiger charge is 1.97. The van der Waals surface area contributed by atoms with Crippen LogP contribution in [0.3, 0.4) is 0 Å². The van der Waals surface area contributed by atoms with Gasteiger partial charge in [-0.3, -0.25) is 0 Å². The Kier molecular flexibility index (Phi) is 46.8. The van der Waals surface area contributed by atoms with Gasteiger partial charge < -0.3 is 71.1 Å². The molecule has 0 spiro atoms. The fraction of sp³-hybridized carbons (Fsp3) is 1.00. The predicted molar refractivity (Wildman–Crippen MR) is 183 cm³/mol. The van der Waals surface area contributed by atoms with E-state index in [1.54, 1.807) is 0 Å². The Morgan fingerprint density at radius 2 is 0.224 bits per heavy atom. The third kappa shape index (κ3) is 47.4. The van der Waals surface area contributed by atoms with E-state index in [9.17, 15) is 0 Å². The summed E-state index contributed by atoms with van der Waals surface area (Å²) in [6, 6.07) is 0. The Morgan fingerprint density at radius 1 is 0.143 bits per heavy atom. The van der Waals surface area contributed by atoms with Gasteiger partial charge in [0.1, 0.15) is 0 Å². The molecule has 15 nitrogen and oxygen atoms in total. The van der Waals surface area contributed by atoms with Crippen LogP contribution in [0.15, 0.2) is 0 Å². The first-order valence-electron chi connectivity index (χ1n) is 18.1. The standard InChI is InChI=1S/C34H70O15/c1-3-5-35-7-9-37-11-13-39-15-17-41-19-21-43-23-25-45-27-29-47-31-33-49-34-32-48-30-28-46-26-24-44-22-20-42-18-16-40-14-12-38-10-8-36-6-4-2/h3-34H2,1-2H3. The van der Waals surface area contributed by atoms with Crippen LogP contribution in [0.4, 0.5) is 0 Å². The van der Waals surface area contributed by atoms with E-state index in [1.807, 2.05) is 0 Å². The first kappa shape index (κ1) is 48.4. The number of rotatable bonds is 46. The van der Waals surface area contributed by atoms with Crippen LogP contribution < -0.4 is 0 Å². The van der Waals surface area contributed by atoms with E-state index in [0.29, 0.717) is 185 Å². The SMILES string of the molecule is CCCOCCOCCOCCOCCOCCOCCOCCOCCOCCOCCOCCOCCOCCOCCOCCC. The predicted octanol–water partition coefficient (Wildman–Crippen LogP) is 2.06. The van der Waals surface area contributed by atoms with Crippen molar-refractivity contribution in [3.05, 3.63) is 0 Å². The Bertz CT molecular complexity index is 520. The summed E-state index contributed by atoms with van der Waals surface area (Å²) in [6.45, 7) is 20.8. The van der Waals surface area contributed by atoms with E-state index in [1.165, 1.54) is 0 Å². The van der Waals surface area contributed by atoms with Gasteiger partial charge in [-0.15, -0.1) is 0 Å². The van der Waals surface area contributed by atoms with Crippen LogP contribution in [0.1, 0.15) is 26.7 Å². The highest BCUT2D eigenvalue weighted by Crippen LogP contribution is 1.88. The fourth-order valence-electron chi connectivity index (χ4n) is 3.47. The molecule has 0 bridgehead atoms. The second-order valence-electron chi connectivity index (χ2n) is 10.2. The van der Waals surface area contributed by atoms with Crippen LogP contribution in [0.5, 0.6) is 0 Å². The molecule has 0 aromatic rings. The summed E-state index contributed by atoms with van der Waals surface area (Å²) in [5, 5.41) is 0. The lowest BCUT2D eigenvalue weighted by Gasteiger charge is -2.09. The van der Waals surface area contributed by atoms with Crippen LogP contribution in [-0.2, 0) is 71.1 Å². The average Bonchev–Trinajstić information content (AvgIpc) is 3.11. The van der Waals surface area contributed by atoms with Crippen molar-refractivity contribution in [2.45, 2.75) is 26.7 Å². The van der Waals surface area contributed by atoms with Crippen LogP contribution in [0.25, 0.3) is 0 Å². The molecule has 0 radical (unpaired) electrons. The number of hydrogen-bond donors (Lipinski definition) is 0. The molecule has 0 unspecified atom stereocenters. The van der Waals surface area contributed by atoms with Crippen LogP contribution in [-0.4, -0.2) is 198 Å². The van der Waals surface area contributed by atoms with Gasteiger partial charge in [0.05, 0.1) is 185 Å². The molecule has 296 valence electrons. The van der Waals surface area contributed by atoms with Crippen molar-refractivity contribution in [3.8, 4) is 0 Å². The number of ether oxygens (including phenoxy) is 15. The largest absolute Gasteiger partial charge is 0.379 e. The second-order valence-corrected chi connectivity index (χ2v) is 10.2. The lowest BCUT2D eigenvalue weighted by atomic mass is 10.5. The van der Waals surface area contributed by atoms with Crippen molar-refractivity contribution in [1.82, 2.24) is 0 Å². The molecule has 0 aromatic heterocycles. The van der Waals surface area contributed by atoms with Gasteiger partial charge in [-0.25, -0.2) is 0 Å². The first-order valence-corrected chi connectivity index (χ1v) is 18.1.